The number of anilines is 1. The molecular formula is C22H20N2O4. The summed E-state index contributed by atoms with van der Waals surface area (Å²) < 4.78 is 16.1. The lowest BCUT2D eigenvalue weighted by molar-refractivity contribution is -0.111. The summed E-state index contributed by atoms with van der Waals surface area (Å²) in [7, 11) is 3.18. The van der Waals surface area contributed by atoms with Crippen molar-refractivity contribution in [3.63, 3.8) is 0 Å². The van der Waals surface area contributed by atoms with Crippen LogP contribution in [0.3, 0.4) is 0 Å². The Balaban J connectivity index is 1.60. The van der Waals surface area contributed by atoms with E-state index in [0.717, 1.165) is 11.3 Å². The quantitative estimate of drug-likeness (QED) is 0.613. The number of benzene rings is 2. The van der Waals surface area contributed by atoms with Crippen LogP contribution in [0.25, 0.3) is 6.08 Å². The Morgan fingerprint density at radius 1 is 0.964 bits per heavy atom. The largest absolute Gasteiger partial charge is 0.497 e. The number of amides is 1. The van der Waals surface area contributed by atoms with Gasteiger partial charge in [0.05, 0.1) is 26.1 Å². The van der Waals surface area contributed by atoms with Gasteiger partial charge in [-0.25, -0.2) is 4.98 Å². The molecule has 0 aliphatic heterocycles. The van der Waals surface area contributed by atoms with Gasteiger partial charge in [0.2, 0.25) is 11.8 Å². The highest BCUT2D eigenvalue weighted by molar-refractivity contribution is 6.01. The predicted molar refractivity (Wildman–Crippen MR) is 108 cm³/mol. The fourth-order valence-corrected chi connectivity index (χ4v) is 2.43. The molecule has 0 radical (unpaired) electrons. The molecule has 0 saturated heterocycles. The molecule has 0 saturated carbocycles. The van der Waals surface area contributed by atoms with E-state index in [1.165, 1.54) is 12.3 Å². The Kier molecular flexibility index (Phi) is 6.25. The summed E-state index contributed by atoms with van der Waals surface area (Å²) in [5.74, 6) is 2.05. The first-order valence-corrected chi connectivity index (χ1v) is 8.58. The van der Waals surface area contributed by atoms with Crippen LogP contribution in [0.4, 0.5) is 5.69 Å². The molecule has 1 aromatic heterocycles. The van der Waals surface area contributed by atoms with Crippen LogP contribution >= 0.6 is 0 Å². The third-order valence-corrected chi connectivity index (χ3v) is 3.81. The van der Waals surface area contributed by atoms with Crippen LogP contribution in [-0.4, -0.2) is 25.1 Å². The van der Waals surface area contributed by atoms with Crippen molar-refractivity contribution in [3.8, 4) is 23.1 Å². The third kappa shape index (κ3) is 5.11. The minimum absolute atomic E-state index is 0.261. The van der Waals surface area contributed by atoms with Gasteiger partial charge in [0.15, 0.2) is 11.5 Å². The normalized spacial score (nSPS) is 10.5. The van der Waals surface area contributed by atoms with Crippen molar-refractivity contribution in [2.24, 2.45) is 0 Å². The van der Waals surface area contributed by atoms with E-state index in [1.807, 2.05) is 36.4 Å². The highest BCUT2D eigenvalue weighted by Crippen LogP contribution is 2.30. The van der Waals surface area contributed by atoms with Crippen molar-refractivity contribution in [2.75, 3.05) is 19.5 Å². The average Bonchev–Trinajstić information content (AvgIpc) is 2.74. The molecule has 0 aliphatic rings. The highest BCUT2D eigenvalue weighted by Gasteiger charge is 2.06. The second-order valence-electron chi connectivity index (χ2n) is 5.74. The molecule has 0 spiro atoms. The number of para-hydroxylation sites is 2. The number of aromatic nitrogens is 1. The van der Waals surface area contributed by atoms with Gasteiger partial charge < -0.3 is 19.5 Å². The highest BCUT2D eigenvalue weighted by atomic mass is 16.5. The minimum atomic E-state index is -0.261. The van der Waals surface area contributed by atoms with Crippen molar-refractivity contribution >= 4 is 17.7 Å². The monoisotopic (exact) mass is 376 g/mol. The van der Waals surface area contributed by atoms with E-state index in [9.17, 15) is 4.79 Å². The van der Waals surface area contributed by atoms with Crippen molar-refractivity contribution in [1.29, 1.82) is 0 Å². The third-order valence-electron chi connectivity index (χ3n) is 3.81. The molecule has 1 heterocycles. The zero-order chi connectivity index (χ0) is 19.8. The first-order valence-electron chi connectivity index (χ1n) is 8.58. The number of rotatable bonds is 7. The standard InChI is InChI=1S/C22H20N2O4/c1-26-18-7-5-6-16(14-18)10-12-21(25)24-17-11-13-22(23-15-17)28-20-9-4-3-8-19(20)27-2/h3-15H,1-2H3,(H,24,25)/b12-10+. The molecule has 0 fully saturated rings. The Hall–Kier alpha value is -3.80. The van der Waals surface area contributed by atoms with Crippen molar-refractivity contribution in [3.05, 3.63) is 78.5 Å². The van der Waals surface area contributed by atoms with Gasteiger partial charge in [-0.2, -0.15) is 0 Å². The molecule has 142 valence electrons. The molecule has 3 aromatic rings. The van der Waals surface area contributed by atoms with Gasteiger partial charge in [-0.05, 0) is 42.0 Å². The van der Waals surface area contributed by atoms with E-state index in [-0.39, 0.29) is 5.91 Å². The van der Waals surface area contributed by atoms with Gasteiger partial charge in [-0.3, -0.25) is 4.79 Å². The number of methoxy groups -OCH3 is 2. The zero-order valence-electron chi connectivity index (χ0n) is 15.6. The van der Waals surface area contributed by atoms with Crippen LogP contribution in [0.5, 0.6) is 23.1 Å². The topological polar surface area (TPSA) is 69.7 Å². The average molecular weight is 376 g/mol. The second-order valence-corrected chi connectivity index (χ2v) is 5.74. The van der Waals surface area contributed by atoms with Gasteiger partial charge in [0, 0.05) is 12.1 Å². The Labute approximate surface area is 163 Å². The molecule has 28 heavy (non-hydrogen) atoms. The molecule has 6 heteroatoms. The Morgan fingerprint density at radius 2 is 1.79 bits per heavy atom. The molecule has 0 unspecified atom stereocenters. The molecule has 2 aromatic carbocycles. The molecule has 0 aliphatic carbocycles. The van der Waals surface area contributed by atoms with Gasteiger partial charge >= 0.3 is 0 Å². The zero-order valence-corrected chi connectivity index (χ0v) is 15.6. The first kappa shape index (κ1) is 19.0. The van der Waals surface area contributed by atoms with Crippen molar-refractivity contribution in [2.45, 2.75) is 0 Å². The fraction of sp³-hybridized carbons (Fsp3) is 0.0909. The fourth-order valence-electron chi connectivity index (χ4n) is 2.43. The lowest BCUT2D eigenvalue weighted by atomic mass is 10.2. The van der Waals surface area contributed by atoms with E-state index >= 15 is 0 Å². The van der Waals surface area contributed by atoms with Gasteiger partial charge in [-0.1, -0.05) is 24.3 Å². The second kappa shape index (κ2) is 9.23. The number of carbonyl (C=O) groups excluding carboxylic acids is 1. The van der Waals surface area contributed by atoms with Crippen LogP contribution in [0.1, 0.15) is 5.56 Å². The molecule has 1 N–H and O–H groups in total. The minimum Gasteiger partial charge on any atom is -0.497 e. The number of nitrogens with one attached hydrogen (secondary N) is 1. The van der Waals surface area contributed by atoms with Crippen molar-refractivity contribution < 1.29 is 19.0 Å². The Bertz CT molecular complexity index is 968. The summed E-state index contributed by atoms with van der Waals surface area (Å²) in [6, 6.07) is 18.1. The van der Waals surface area contributed by atoms with Gasteiger partial charge in [-0.15, -0.1) is 0 Å². The number of nitrogens with zero attached hydrogens (tertiary/aromatic N) is 1. The van der Waals surface area contributed by atoms with E-state index in [4.69, 9.17) is 14.2 Å². The number of ether oxygens (including phenoxy) is 3. The summed E-state index contributed by atoms with van der Waals surface area (Å²) in [6.45, 7) is 0. The molecule has 0 atom stereocenters. The number of hydrogen-bond donors (Lipinski definition) is 1. The van der Waals surface area contributed by atoms with E-state index in [1.54, 1.807) is 44.6 Å². The molecule has 6 nitrogen and oxygen atoms in total. The number of hydrogen-bond acceptors (Lipinski definition) is 5. The van der Waals surface area contributed by atoms with Crippen LogP contribution in [0.2, 0.25) is 0 Å². The van der Waals surface area contributed by atoms with Gasteiger partial charge in [0.1, 0.15) is 5.75 Å². The molecule has 1 amide bonds. The number of carbonyl (C=O) groups is 1. The summed E-state index contributed by atoms with van der Waals surface area (Å²) >= 11 is 0. The smallest absolute Gasteiger partial charge is 0.248 e. The maximum atomic E-state index is 12.1. The van der Waals surface area contributed by atoms with Crippen LogP contribution < -0.4 is 19.5 Å². The summed E-state index contributed by atoms with van der Waals surface area (Å²) in [4.78, 5) is 16.3. The number of pyridine rings is 1. The van der Waals surface area contributed by atoms with Crippen LogP contribution in [0.15, 0.2) is 72.9 Å². The Morgan fingerprint density at radius 3 is 2.50 bits per heavy atom. The predicted octanol–water partition coefficient (Wildman–Crippen LogP) is 4.54. The van der Waals surface area contributed by atoms with Crippen LogP contribution in [-0.2, 0) is 4.79 Å². The maximum absolute atomic E-state index is 12.1. The van der Waals surface area contributed by atoms with Gasteiger partial charge in [0.25, 0.3) is 0 Å². The van der Waals surface area contributed by atoms with E-state index in [0.29, 0.717) is 23.1 Å². The molecule has 3 rings (SSSR count). The molecular weight excluding hydrogens is 356 g/mol. The van der Waals surface area contributed by atoms with Crippen LogP contribution in [0, 0.1) is 0 Å². The lowest BCUT2D eigenvalue weighted by Gasteiger charge is -2.09. The summed E-state index contributed by atoms with van der Waals surface area (Å²) in [5, 5.41) is 2.75. The molecule has 0 bridgehead atoms. The first-order chi connectivity index (χ1) is 13.7. The SMILES string of the molecule is COc1cccc(/C=C/C(=O)Nc2ccc(Oc3ccccc3OC)nc2)c1. The summed E-state index contributed by atoms with van der Waals surface area (Å²) in [5.41, 5.74) is 1.43. The maximum Gasteiger partial charge on any atom is 0.248 e. The summed E-state index contributed by atoms with van der Waals surface area (Å²) in [6.07, 6.45) is 4.69. The lowest BCUT2D eigenvalue weighted by Crippen LogP contribution is -2.07. The van der Waals surface area contributed by atoms with E-state index in [2.05, 4.69) is 10.3 Å². The van der Waals surface area contributed by atoms with Crippen molar-refractivity contribution in [1.82, 2.24) is 4.98 Å². The van der Waals surface area contributed by atoms with E-state index < -0.39 is 0 Å².